The van der Waals surface area contributed by atoms with Crippen molar-refractivity contribution in [2.24, 2.45) is 0 Å². The average Bonchev–Trinajstić information content (AvgIpc) is 2.47. The predicted molar refractivity (Wildman–Crippen MR) is 73.4 cm³/mol. The van der Waals surface area contributed by atoms with Crippen molar-refractivity contribution in [3.8, 4) is 5.75 Å². The van der Waals surface area contributed by atoms with E-state index >= 15 is 0 Å². The van der Waals surface area contributed by atoms with Gasteiger partial charge in [0, 0.05) is 26.2 Å². The third-order valence-corrected chi connectivity index (χ3v) is 3.82. The van der Waals surface area contributed by atoms with Crippen LogP contribution in [-0.4, -0.2) is 49.1 Å². The van der Waals surface area contributed by atoms with Gasteiger partial charge < -0.3 is 15.4 Å². The Labute approximate surface area is 112 Å². The van der Waals surface area contributed by atoms with Gasteiger partial charge in [0.05, 0.1) is 11.7 Å². The largest absolute Gasteiger partial charge is 0.477 e. The zero-order valence-corrected chi connectivity index (χ0v) is 11.1. The van der Waals surface area contributed by atoms with E-state index in [0.29, 0.717) is 0 Å². The Hall–Kier alpha value is -1.59. The summed E-state index contributed by atoms with van der Waals surface area (Å²) in [7, 11) is 0. The third-order valence-electron chi connectivity index (χ3n) is 3.82. The fourth-order valence-corrected chi connectivity index (χ4v) is 2.67. The van der Waals surface area contributed by atoms with Gasteiger partial charge in [0.1, 0.15) is 5.75 Å². The summed E-state index contributed by atoms with van der Waals surface area (Å²) in [5.41, 5.74) is 0.760. The van der Waals surface area contributed by atoms with Crippen LogP contribution in [0.25, 0.3) is 0 Å². The maximum Gasteiger partial charge on any atom is 0.267 e. The van der Waals surface area contributed by atoms with Gasteiger partial charge in [-0.25, -0.2) is 0 Å². The van der Waals surface area contributed by atoms with Crippen molar-refractivity contribution >= 4 is 11.6 Å². The number of rotatable bonds is 2. The van der Waals surface area contributed by atoms with Crippen LogP contribution in [0.15, 0.2) is 24.3 Å². The van der Waals surface area contributed by atoms with E-state index in [-0.39, 0.29) is 11.9 Å². The van der Waals surface area contributed by atoms with Crippen LogP contribution in [0.1, 0.15) is 6.92 Å². The molecule has 0 bridgehead atoms. The highest BCUT2D eigenvalue weighted by Crippen LogP contribution is 2.30. The first-order chi connectivity index (χ1) is 9.25. The minimum atomic E-state index is -0.437. The van der Waals surface area contributed by atoms with Gasteiger partial charge in [0.15, 0.2) is 6.10 Å². The van der Waals surface area contributed by atoms with Crippen LogP contribution >= 0.6 is 0 Å². The molecule has 2 unspecified atom stereocenters. The molecule has 0 aliphatic carbocycles. The number of amides is 1. The van der Waals surface area contributed by atoms with Gasteiger partial charge >= 0.3 is 0 Å². The van der Waals surface area contributed by atoms with Crippen molar-refractivity contribution in [3.05, 3.63) is 24.3 Å². The number of piperazine rings is 1. The first-order valence-electron chi connectivity index (χ1n) is 6.77. The Morgan fingerprint density at radius 1 is 1.32 bits per heavy atom. The lowest BCUT2D eigenvalue weighted by molar-refractivity contribution is -0.126. The molecule has 2 aliphatic heterocycles. The minimum Gasteiger partial charge on any atom is -0.477 e. The first-order valence-corrected chi connectivity index (χ1v) is 6.77. The summed E-state index contributed by atoms with van der Waals surface area (Å²) in [6, 6.07) is 7.65. The second-order valence-electron chi connectivity index (χ2n) is 5.05. The minimum absolute atomic E-state index is 0.0512. The number of benzene rings is 1. The third kappa shape index (κ3) is 2.43. The van der Waals surface area contributed by atoms with Crippen LogP contribution in [0.2, 0.25) is 0 Å². The van der Waals surface area contributed by atoms with Gasteiger partial charge in [-0.1, -0.05) is 12.1 Å². The summed E-state index contributed by atoms with van der Waals surface area (Å²) in [5, 5.41) is 6.24. The molecule has 5 heteroatoms. The van der Waals surface area contributed by atoms with Gasteiger partial charge in [-0.05, 0) is 19.1 Å². The molecule has 19 heavy (non-hydrogen) atoms. The number of anilines is 1. The molecule has 102 valence electrons. The number of nitrogens with one attached hydrogen (secondary N) is 2. The van der Waals surface area contributed by atoms with Gasteiger partial charge in [0.25, 0.3) is 5.91 Å². The van der Waals surface area contributed by atoms with Crippen LogP contribution in [0, 0.1) is 0 Å². The molecule has 1 aromatic rings. The van der Waals surface area contributed by atoms with E-state index in [1.54, 1.807) is 0 Å². The molecule has 1 aromatic carbocycles. The SMILES string of the molecule is CC(C1Oc2ccccc2NC1=O)N1CCNCC1. The molecule has 0 aromatic heterocycles. The van der Waals surface area contributed by atoms with Crippen molar-refractivity contribution in [3.63, 3.8) is 0 Å². The van der Waals surface area contributed by atoms with E-state index in [4.69, 9.17) is 4.74 Å². The van der Waals surface area contributed by atoms with Crippen molar-refractivity contribution in [1.29, 1.82) is 0 Å². The molecular weight excluding hydrogens is 242 g/mol. The Morgan fingerprint density at radius 3 is 2.84 bits per heavy atom. The van der Waals surface area contributed by atoms with E-state index in [0.717, 1.165) is 37.6 Å². The van der Waals surface area contributed by atoms with Crippen molar-refractivity contribution in [2.45, 2.75) is 19.1 Å². The zero-order valence-electron chi connectivity index (χ0n) is 11.1. The Kier molecular flexibility index (Phi) is 3.40. The number of para-hydroxylation sites is 2. The molecule has 1 saturated heterocycles. The van der Waals surface area contributed by atoms with E-state index in [1.165, 1.54) is 0 Å². The summed E-state index contributed by atoms with van der Waals surface area (Å²) in [5.74, 6) is 0.707. The number of nitrogens with zero attached hydrogens (tertiary/aromatic N) is 1. The maximum absolute atomic E-state index is 12.2. The molecule has 0 saturated carbocycles. The fourth-order valence-electron chi connectivity index (χ4n) is 2.67. The normalized spacial score (nSPS) is 25.1. The average molecular weight is 261 g/mol. The molecule has 2 heterocycles. The zero-order chi connectivity index (χ0) is 13.2. The lowest BCUT2D eigenvalue weighted by atomic mass is 10.1. The fraction of sp³-hybridized carbons (Fsp3) is 0.500. The Balaban J connectivity index is 1.76. The number of carbonyl (C=O) groups is 1. The molecular formula is C14H19N3O2. The van der Waals surface area contributed by atoms with Crippen LogP contribution in [0.3, 0.4) is 0 Å². The number of carbonyl (C=O) groups excluding carboxylic acids is 1. The van der Waals surface area contributed by atoms with Crippen molar-refractivity contribution < 1.29 is 9.53 Å². The van der Waals surface area contributed by atoms with Crippen LogP contribution in [0.4, 0.5) is 5.69 Å². The molecule has 1 amide bonds. The molecule has 2 atom stereocenters. The number of fused-ring (bicyclic) bond motifs is 1. The van der Waals surface area contributed by atoms with E-state index in [9.17, 15) is 4.79 Å². The van der Waals surface area contributed by atoms with E-state index in [1.807, 2.05) is 24.3 Å². The van der Waals surface area contributed by atoms with Gasteiger partial charge in [-0.15, -0.1) is 0 Å². The van der Waals surface area contributed by atoms with Crippen molar-refractivity contribution in [2.75, 3.05) is 31.5 Å². The number of hydrogen-bond acceptors (Lipinski definition) is 4. The van der Waals surface area contributed by atoms with Gasteiger partial charge in [-0.2, -0.15) is 0 Å². The highest BCUT2D eigenvalue weighted by atomic mass is 16.5. The topological polar surface area (TPSA) is 53.6 Å². The summed E-state index contributed by atoms with van der Waals surface area (Å²) in [6.45, 7) is 5.90. The highest BCUT2D eigenvalue weighted by Gasteiger charge is 2.35. The second kappa shape index (κ2) is 5.19. The molecule has 5 nitrogen and oxygen atoms in total. The lowest BCUT2D eigenvalue weighted by Crippen LogP contribution is -2.56. The second-order valence-corrected chi connectivity index (χ2v) is 5.05. The molecule has 2 N–H and O–H groups in total. The quantitative estimate of drug-likeness (QED) is 0.822. The van der Waals surface area contributed by atoms with Crippen LogP contribution in [-0.2, 0) is 4.79 Å². The smallest absolute Gasteiger partial charge is 0.267 e. The van der Waals surface area contributed by atoms with Crippen LogP contribution < -0.4 is 15.4 Å². The Morgan fingerprint density at radius 2 is 2.05 bits per heavy atom. The first kappa shape index (κ1) is 12.4. The standard InChI is InChI=1S/C14H19N3O2/c1-10(17-8-6-15-7-9-17)13-14(18)16-11-4-2-3-5-12(11)19-13/h2-5,10,13,15H,6-9H2,1H3,(H,16,18). The Bertz CT molecular complexity index is 472. The number of ether oxygens (including phenoxy) is 1. The van der Waals surface area contributed by atoms with Crippen LogP contribution in [0.5, 0.6) is 5.75 Å². The molecule has 3 rings (SSSR count). The van der Waals surface area contributed by atoms with Gasteiger partial charge in [0.2, 0.25) is 0 Å². The predicted octanol–water partition coefficient (Wildman–Crippen LogP) is 0.680. The summed E-state index contributed by atoms with van der Waals surface area (Å²) in [6.07, 6.45) is -0.437. The number of hydrogen-bond donors (Lipinski definition) is 2. The molecule has 0 spiro atoms. The maximum atomic E-state index is 12.2. The van der Waals surface area contributed by atoms with Crippen molar-refractivity contribution in [1.82, 2.24) is 10.2 Å². The summed E-state index contributed by atoms with van der Waals surface area (Å²) in [4.78, 5) is 14.5. The molecule has 1 fully saturated rings. The molecule has 0 radical (unpaired) electrons. The van der Waals surface area contributed by atoms with E-state index in [2.05, 4.69) is 22.5 Å². The van der Waals surface area contributed by atoms with Gasteiger partial charge in [-0.3, -0.25) is 9.69 Å². The van der Waals surface area contributed by atoms with E-state index < -0.39 is 6.10 Å². The summed E-state index contributed by atoms with van der Waals surface area (Å²) < 4.78 is 5.89. The monoisotopic (exact) mass is 261 g/mol. The lowest BCUT2D eigenvalue weighted by Gasteiger charge is -2.38. The molecule has 2 aliphatic rings. The summed E-state index contributed by atoms with van der Waals surface area (Å²) >= 11 is 0. The highest BCUT2D eigenvalue weighted by molar-refractivity contribution is 5.98.